The van der Waals surface area contributed by atoms with E-state index in [4.69, 9.17) is 11.5 Å². The molecule has 0 atom stereocenters. The lowest BCUT2D eigenvalue weighted by Gasteiger charge is -2.42. The van der Waals surface area contributed by atoms with Crippen molar-refractivity contribution in [1.29, 1.82) is 5.26 Å². The van der Waals surface area contributed by atoms with E-state index in [-0.39, 0.29) is 17.8 Å². The van der Waals surface area contributed by atoms with Crippen LogP contribution in [-0.4, -0.2) is 48.5 Å². The van der Waals surface area contributed by atoms with Crippen LogP contribution in [0.4, 0.5) is 10.1 Å². The number of amidine groups is 1. The quantitative estimate of drug-likeness (QED) is 0.340. The lowest BCUT2D eigenvalue weighted by Crippen LogP contribution is -2.51. The molecule has 158 valence electrons. The molecule has 1 heterocycles. The minimum absolute atomic E-state index is 0.0124. The third-order valence-electron chi connectivity index (χ3n) is 4.96. The number of rotatable bonds is 8. The number of carbonyl (C=O) groups is 1. The van der Waals surface area contributed by atoms with Crippen LogP contribution in [0.25, 0.3) is 0 Å². The Hall–Kier alpha value is -3.67. The summed E-state index contributed by atoms with van der Waals surface area (Å²) < 4.78 is 13.1. The van der Waals surface area contributed by atoms with Crippen LogP contribution in [0.2, 0.25) is 0 Å². The van der Waals surface area contributed by atoms with Gasteiger partial charge in [0.05, 0.1) is 29.3 Å². The van der Waals surface area contributed by atoms with Gasteiger partial charge in [-0.2, -0.15) is 5.26 Å². The van der Waals surface area contributed by atoms with Crippen molar-refractivity contribution in [1.82, 2.24) is 10.2 Å². The van der Waals surface area contributed by atoms with Gasteiger partial charge in [-0.05, 0) is 37.1 Å². The largest absolute Gasteiger partial charge is 0.384 e. The second kappa shape index (κ2) is 10.2. The summed E-state index contributed by atoms with van der Waals surface area (Å²) in [6.07, 6.45) is 4.65. The number of nitriles is 1. The highest BCUT2D eigenvalue weighted by molar-refractivity contribution is 6.20. The number of halogens is 1. The molecule has 30 heavy (non-hydrogen) atoms. The number of hydrogen-bond donors (Lipinski definition) is 3. The van der Waals surface area contributed by atoms with Crippen molar-refractivity contribution < 1.29 is 9.18 Å². The number of nitrogens with one attached hydrogen (secondary N) is 1. The maximum Gasteiger partial charge on any atom is 0.253 e. The fourth-order valence-corrected chi connectivity index (χ4v) is 3.19. The molecule has 1 aromatic rings. The molecule has 5 N–H and O–H groups in total. The van der Waals surface area contributed by atoms with Crippen LogP contribution in [0, 0.1) is 17.1 Å². The molecular weight excluding hydrogens is 385 g/mol. The summed E-state index contributed by atoms with van der Waals surface area (Å²) in [4.78, 5) is 22.1. The zero-order valence-corrected chi connectivity index (χ0v) is 16.9. The number of likely N-dealkylation sites (tertiary alicyclic amines) is 1. The molecule has 1 aliphatic rings. The highest BCUT2D eigenvalue weighted by Gasteiger charge is 2.34. The molecule has 1 amide bonds. The molecule has 1 fully saturated rings. The average molecular weight is 411 g/mol. The van der Waals surface area contributed by atoms with Crippen LogP contribution in [-0.2, 0) is 4.79 Å². The van der Waals surface area contributed by atoms with E-state index in [0.29, 0.717) is 31.6 Å². The van der Waals surface area contributed by atoms with Gasteiger partial charge in [0.1, 0.15) is 11.7 Å². The molecule has 0 aromatic heterocycles. The Balaban J connectivity index is 2.20. The Bertz CT molecular complexity index is 904. The second-order valence-electron chi connectivity index (χ2n) is 7.02. The van der Waals surface area contributed by atoms with E-state index in [1.54, 1.807) is 13.3 Å². The summed E-state index contributed by atoms with van der Waals surface area (Å²) >= 11 is 0. The molecule has 8 nitrogen and oxygen atoms in total. The van der Waals surface area contributed by atoms with Crippen molar-refractivity contribution in [3.05, 3.63) is 54.1 Å². The molecule has 1 aromatic carbocycles. The van der Waals surface area contributed by atoms with Gasteiger partial charge in [-0.3, -0.25) is 9.79 Å². The number of aliphatic imine (C=N–C) groups is 2. The predicted molar refractivity (Wildman–Crippen MR) is 115 cm³/mol. The molecule has 0 spiro atoms. The van der Waals surface area contributed by atoms with E-state index >= 15 is 0 Å². The van der Waals surface area contributed by atoms with Gasteiger partial charge in [0.15, 0.2) is 0 Å². The second-order valence-corrected chi connectivity index (χ2v) is 7.02. The molecule has 1 saturated heterocycles. The molecule has 9 heteroatoms. The number of hydrogen-bond acceptors (Lipinski definition) is 6. The summed E-state index contributed by atoms with van der Waals surface area (Å²) in [5.41, 5.74) is 12.1. The van der Waals surface area contributed by atoms with Gasteiger partial charge < -0.3 is 21.7 Å². The first-order chi connectivity index (χ1) is 14.3. The first-order valence-corrected chi connectivity index (χ1v) is 9.41. The third kappa shape index (κ3) is 5.91. The van der Waals surface area contributed by atoms with Crippen LogP contribution in [0.1, 0.15) is 19.3 Å². The zero-order valence-electron chi connectivity index (χ0n) is 16.9. The average Bonchev–Trinajstić information content (AvgIpc) is 2.70. The van der Waals surface area contributed by atoms with Gasteiger partial charge in [-0.1, -0.05) is 6.58 Å². The molecule has 0 aliphatic carbocycles. The number of primary amides is 1. The van der Waals surface area contributed by atoms with Crippen LogP contribution in [0.15, 0.2) is 58.3 Å². The molecule has 0 saturated carbocycles. The summed E-state index contributed by atoms with van der Waals surface area (Å²) in [7, 11) is 1.69. The number of piperidine rings is 1. The molecule has 1 aliphatic heterocycles. The molecule has 0 unspecified atom stereocenters. The Kier molecular flexibility index (Phi) is 7.69. The van der Waals surface area contributed by atoms with E-state index in [2.05, 4.69) is 32.8 Å². The van der Waals surface area contributed by atoms with Crippen LogP contribution in [0.3, 0.4) is 0 Å². The Morgan fingerprint density at radius 3 is 2.53 bits per heavy atom. The number of nitrogens with zero attached hydrogens (tertiary/aromatic N) is 4. The van der Waals surface area contributed by atoms with Crippen molar-refractivity contribution in [2.75, 3.05) is 20.1 Å². The van der Waals surface area contributed by atoms with E-state index in [0.717, 1.165) is 5.70 Å². The predicted octanol–water partition coefficient (Wildman–Crippen LogP) is 1.74. The maximum atomic E-state index is 13.1. The monoisotopic (exact) mass is 411 g/mol. The van der Waals surface area contributed by atoms with Crippen LogP contribution < -0.4 is 16.8 Å². The third-order valence-corrected chi connectivity index (χ3v) is 4.96. The summed E-state index contributed by atoms with van der Waals surface area (Å²) in [5.74, 6) is -1.26. The Morgan fingerprint density at radius 2 is 2.00 bits per heavy atom. The van der Waals surface area contributed by atoms with Gasteiger partial charge >= 0.3 is 0 Å². The van der Waals surface area contributed by atoms with Crippen molar-refractivity contribution in [2.24, 2.45) is 21.5 Å². The highest BCUT2D eigenvalue weighted by Crippen LogP contribution is 2.27. The van der Waals surface area contributed by atoms with Gasteiger partial charge in [0, 0.05) is 38.2 Å². The van der Waals surface area contributed by atoms with Crippen molar-refractivity contribution in [3.8, 4) is 6.07 Å². The van der Waals surface area contributed by atoms with Crippen molar-refractivity contribution in [2.45, 2.75) is 24.8 Å². The maximum absolute atomic E-state index is 13.1. The van der Waals surface area contributed by atoms with Crippen LogP contribution in [0.5, 0.6) is 0 Å². The molecule has 2 rings (SSSR count). The topological polar surface area (TPSA) is 133 Å². The standard InChI is InChI=1S/C21H26FN7O/c1-15(13-26-2)29-11-8-21(7-10-23,9-12-29)27-14-18(20(25)30)19(24)28-17-5-3-16(22)4-6-17/h3-6,13-14,27H,1,7-9,11-12H2,2H3,(H2,24,28)(H2,25,30)/b18-14+,26-13?. The number of allylic oxidation sites excluding steroid dienone is 1. The number of amides is 1. The van der Waals surface area contributed by atoms with Gasteiger partial charge in [0.25, 0.3) is 5.91 Å². The lowest BCUT2D eigenvalue weighted by atomic mass is 9.84. The highest BCUT2D eigenvalue weighted by atomic mass is 19.1. The fourth-order valence-electron chi connectivity index (χ4n) is 3.19. The van der Waals surface area contributed by atoms with Gasteiger partial charge in [-0.25, -0.2) is 9.38 Å². The zero-order chi connectivity index (χ0) is 22.1. The Labute approximate surface area is 175 Å². The summed E-state index contributed by atoms with van der Waals surface area (Å²) in [6.45, 7) is 5.35. The Morgan fingerprint density at radius 1 is 1.37 bits per heavy atom. The smallest absolute Gasteiger partial charge is 0.253 e. The number of nitrogens with two attached hydrogens (primary N) is 2. The fraction of sp³-hybridized carbons (Fsp3) is 0.333. The number of benzene rings is 1. The van der Waals surface area contributed by atoms with Crippen molar-refractivity contribution in [3.63, 3.8) is 0 Å². The minimum atomic E-state index is -0.761. The molecule has 0 bridgehead atoms. The SMILES string of the molecule is C=C(C=NC)N1CCC(CC#N)(N/C=C(/C(N)=O)C(N)=Nc2ccc(F)cc2)CC1. The first-order valence-electron chi connectivity index (χ1n) is 9.41. The van der Waals surface area contributed by atoms with E-state index < -0.39 is 17.3 Å². The first kappa shape index (κ1) is 22.6. The minimum Gasteiger partial charge on any atom is -0.384 e. The van der Waals surface area contributed by atoms with Gasteiger partial charge in [-0.15, -0.1) is 0 Å². The van der Waals surface area contributed by atoms with Crippen LogP contribution >= 0.6 is 0 Å². The van der Waals surface area contributed by atoms with Gasteiger partial charge in [0.2, 0.25) is 0 Å². The van der Waals surface area contributed by atoms with E-state index in [1.807, 2.05) is 0 Å². The summed E-state index contributed by atoms with van der Waals surface area (Å²) in [5, 5.41) is 12.5. The lowest BCUT2D eigenvalue weighted by molar-refractivity contribution is -0.114. The number of carbonyl (C=O) groups excluding carboxylic acids is 1. The molecule has 0 radical (unpaired) electrons. The molecular formula is C21H26FN7O. The van der Waals surface area contributed by atoms with E-state index in [9.17, 15) is 14.4 Å². The van der Waals surface area contributed by atoms with E-state index in [1.165, 1.54) is 30.5 Å². The normalized spacial score (nSPS) is 16.9. The van der Waals surface area contributed by atoms with Crippen molar-refractivity contribution >= 4 is 23.6 Å². The summed E-state index contributed by atoms with van der Waals surface area (Å²) in [6, 6.07) is 7.56.